The van der Waals surface area contributed by atoms with Crippen LogP contribution in [0.5, 0.6) is 5.75 Å². The summed E-state index contributed by atoms with van der Waals surface area (Å²) in [6, 6.07) is 9.37. The lowest BCUT2D eigenvalue weighted by molar-refractivity contribution is -0.384. The summed E-state index contributed by atoms with van der Waals surface area (Å²) in [5, 5.41) is 16.7. The van der Waals surface area contributed by atoms with Gasteiger partial charge in [0.2, 0.25) is 5.91 Å². The van der Waals surface area contributed by atoms with Crippen LogP contribution in [0.25, 0.3) is 0 Å². The van der Waals surface area contributed by atoms with Crippen LogP contribution in [-0.4, -0.2) is 24.0 Å². The van der Waals surface area contributed by atoms with Crippen molar-refractivity contribution < 1.29 is 14.5 Å². The molecule has 0 aliphatic rings. The third-order valence-corrected chi connectivity index (χ3v) is 3.94. The molecule has 2 rings (SSSR count). The minimum Gasteiger partial charge on any atom is -0.495 e. The van der Waals surface area contributed by atoms with Gasteiger partial charge in [-0.05, 0) is 50.1 Å². The molecule has 0 unspecified atom stereocenters. The lowest BCUT2D eigenvalue weighted by Crippen LogP contribution is -2.32. The van der Waals surface area contributed by atoms with E-state index in [0.29, 0.717) is 5.75 Å². The third-order valence-electron chi connectivity index (χ3n) is 3.94. The van der Waals surface area contributed by atoms with Gasteiger partial charge in [-0.3, -0.25) is 14.9 Å². The maximum Gasteiger partial charge on any atom is 0.271 e. The molecule has 1 amide bonds. The van der Waals surface area contributed by atoms with Crippen molar-refractivity contribution in [1.29, 1.82) is 0 Å². The summed E-state index contributed by atoms with van der Waals surface area (Å²) >= 11 is 0. The summed E-state index contributed by atoms with van der Waals surface area (Å²) in [7, 11) is 1.44. The van der Waals surface area contributed by atoms with Crippen molar-refractivity contribution in [2.24, 2.45) is 0 Å². The first-order valence-electron chi connectivity index (χ1n) is 7.79. The standard InChI is InChI=1S/C18H21N3O4/c1-11-5-6-14(9-12(11)2)19-13(3)18(22)20-16-10-15(21(23)24)7-8-17(16)25-4/h5-10,13,19H,1-4H3,(H,20,22)/t13-/m1/s1. The van der Waals surface area contributed by atoms with E-state index < -0.39 is 11.0 Å². The SMILES string of the molecule is COc1ccc([N+](=O)[O-])cc1NC(=O)[C@@H](C)Nc1ccc(C)c(C)c1. The van der Waals surface area contributed by atoms with Crippen LogP contribution in [0.3, 0.4) is 0 Å². The molecule has 25 heavy (non-hydrogen) atoms. The molecule has 2 aromatic carbocycles. The number of anilines is 2. The molecule has 0 spiro atoms. The Hall–Kier alpha value is -3.09. The molecule has 0 saturated carbocycles. The van der Waals surface area contributed by atoms with Crippen molar-refractivity contribution in [1.82, 2.24) is 0 Å². The van der Waals surface area contributed by atoms with E-state index in [1.807, 2.05) is 32.0 Å². The monoisotopic (exact) mass is 343 g/mol. The summed E-state index contributed by atoms with van der Waals surface area (Å²) in [5.74, 6) is 0.0364. The van der Waals surface area contributed by atoms with Gasteiger partial charge in [0, 0.05) is 17.8 Å². The van der Waals surface area contributed by atoms with Crippen molar-refractivity contribution in [3.8, 4) is 5.75 Å². The van der Waals surface area contributed by atoms with Crippen LogP contribution in [0.1, 0.15) is 18.1 Å². The summed E-state index contributed by atoms with van der Waals surface area (Å²) in [5.41, 5.74) is 3.26. The van der Waals surface area contributed by atoms with Crippen LogP contribution in [0.2, 0.25) is 0 Å². The molecule has 0 saturated heterocycles. The van der Waals surface area contributed by atoms with Crippen LogP contribution >= 0.6 is 0 Å². The molecule has 2 aromatic rings. The molecule has 0 fully saturated rings. The predicted molar refractivity (Wildman–Crippen MR) is 97.3 cm³/mol. The Labute approximate surface area is 146 Å². The molecular weight excluding hydrogens is 322 g/mol. The molecule has 0 radical (unpaired) electrons. The fourth-order valence-corrected chi connectivity index (χ4v) is 2.29. The Bertz CT molecular complexity index is 805. The number of hydrogen-bond donors (Lipinski definition) is 2. The van der Waals surface area contributed by atoms with E-state index in [4.69, 9.17) is 4.74 Å². The molecule has 0 aromatic heterocycles. The topological polar surface area (TPSA) is 93.5 Å². The smallest absolute Gasteiger partial charge is 0.271 e. The van der Waals surface area contributed by atoms with Crippen molar-refractivity contribution in [2.75, 3.05) is 17.7 Å². The van der Waals surface area contributed by atoms with Crippen LogP contribution in [0.4, 0.5) is 17.1 Å². The minimum atomic E-state index is -0.536. The van der Waals surface area contributed by atoms with Gasteiger partial charge in [-0.1, -0.05) is 6.07 Å². The number of aryl methyl sites for hydroxylation is 2. The number of nitrogens with zero attached hydrogens (tertiary/aromatic N) is 1. The second-order valence-electron chi connectivity index (χ2n) is 5.80. The Morgan fingerprint density at radius 2 is 1.88 bits per heavy atom. The maximum atomic E-state index is 12.4. The van der Waals surface area contributed by atoms with Gasteiger partial charge in [-0.15, -0.1) is 0 Å². The number of amides is 1. The molecule has 0 bridgehead atoms. The summed E-state index contributed by atoms with van der Waals surface area (Å²) in [6.45, 7) is 5.73. The van der Waals surface area contributed by atoms with E-state index in [1.165, 1.54) is 30.9 Å². The van der Waals surface area contributed by atoms with E-state index >= 15 is 0 Å². The largest absolute Gasteiger partial charge is 0.495 e. The number of nitro benzene ring substituents is 1. The summed E-state index contributed by atoms with van der Waals surface area (Å²) in [6.07, 6.45) is 0. The zero-order valence-corrected chi connectivity index (χ0v) is 14.6. The normalized spacial score (nSPS) is 11.5. The number of carbonyl (C=O) groups is 1. The van der Waals surface area contributed by atoms with Crippen molar-refractivity contribution in [2.45, 2.75) is 26.8 Å². The number of benzene rings is 2. The Morgan fingerprint density at radius 1 is 1.16 bits per heavy atom. The zero-order chi connectivity index (χ0) is 18.6. The molecule has 7 nitrogen and oxygen atoms in total. The van der Waals surface area contributed by atoms with E-state index in [-0.39, 0.29) is 17.3 Å². The van der Waals surface area contributed by atoms with Crippen LogP contribution < -0.4 is 15.4 Å². The van der Waals surface area contributed by atoms with Crippen molar-refractivity contribution in [3.63, 3.8) is 0 Å². The highest BCUT2D eigenvalue weighted by molar-refractivity contribution is 5.97. The van der Waals surface area contributed by atoms with Gasteiger partial charge in [0.25, 0.3) is 5.69 Å². The lowest BCUT2D eigenvalue weighted by atomic mass is 10.1. The number of nitrogens with one attached hydrogen (secondary N) is 2. The molecule has 0 aliphatic carbocycles. The highest BCUT2D eigenvalue weighted by atomic mass is 16.6. The number of methoxy groups -OCH3 is 1. The average Bonchev–Trinajstić information content (AvgIpc) is 2.57. The van der Waals surface area contributed by atoms with Crippen LogP contribution in [-0.2, 0) is 4.79 Å². The second kappa shape index (κ2) is 7.65. The molecule has 7 heteroatoms. The van der Waals surface area contributed by atoms with E-state index in [0.717, 1.165) is 11.3 Å². The molecule has 0 heterocycles. The first kappa shape index (κ1) is 18.3. The Morgan fingerprint density at radius 3 is 2.48 bits per heavy atom. The van der Waals surface area contributed by atoms with Gasteiger partial charge in [0.15, 0.2) is 0 Å². The van der Waals surface area contributed by atoms with E-state index in [2.05, 4.69) is 10.6 Å². The number of rotatable bonds is 6. The number of hydrogen-bond acceptors (Lipinski definition) is 5. The first-order chi connectivity index (χ1) is 11.8. The third kappa shape index (κ3) is 4.47. The maximum absolute atomic E-state index is 12.4. The number of non-ortho nitro benzene ring substituents is 1. The highest BCUT2D eigenvalue weighted by Gasteiger charge is 2.17. The first-order valence-corrected chi connectivity index (χ1v) is 7.79. The number of ether oxygens (including phenoxy) is 1. The minimum absolute atomic E-state index is 0.120. The molecule has 132 valence electrons. The fourth-order valence-electron chi connectivity index (χ4n) is 2.29. The van der Waals surface area contributed by atoms with E-state index in [1.54, 1.807) is 6.92 Å². The zero-order valence-electron chi connectivity index (χ0n) is 14.6. The van der Waals surface area contributed by atoms with Gasteiger partial charge < -0.3 is 15.4 Å². The Balaban J connectivity index is 2.13. The molecular formula is C18H21N3O4. The van der Waals surface area contributed by atoms with Crippen molar-refractivity contribution >= 4 is 23.0 Å². The van der Waals surface area contributed by atoms with E-state index in [9.17, 15) is 14.9 Å². The van der Waals surface area contributed by atoms with Crippen molar-refractivity contribution in [3.05, 3.63) is 57.6 Å². The van der Waals surface area contributed by atoms with Gasteiger partial charge in [0.05, 0.1) is 17.7 Å². The fraction of sp³-hybridized carbons (Fsp3) is 0.278. The molecule has 0 aliphatic heterocycles. The van der Waals surface area contributed by atoms with Crippen LogP contribution in [0, 0.1) is 24.0 Å². The second-order valence-corrected chi connectivity index (χ2v) is 5.80. The Kier molecular flexibility index (Phi) is 5.59. The van der Waals surface area contributed by atoms with Gasteiger partial charge >= 0.3 is 0 Å². The van der Waals surface area contributed by atoms with Gasteiger partial charge in [0.1, 0.15) is 11.8 Å². The average molecular weight is 343 g/mol. The number of nitro groups is 1. The van der Waals surface area contributed by atoms with Gasteiger partial charge in [-0.25, -0.2) is 0 Å². The summed E-state index contributed by atoms with van der Waals surface area (Å²) < 4.78 is 5.15. The molecule has 2 N–H and O–H groups in total. The number of carbonyl (C=O) groups excluding carboxylic acids is 1. The molecule has 1 atom stereocenters. The quantitative estimate of drug-likeness (QED) is 0.617. The van der Waals surface area contributed by atoms with Crippen LogP contribution in [0.15, 0.2) is 36.4 Å². The summed E-state index contributed by atoms with van der Waals surface area (Å²) in [4.78, 5) is 22.8. The van der Waals surface area contributed by atoms with Gasteiger partial charge in [-0.2, -0.15) is 0 Å². The predicted octanol–water partition coefficient (Wildman–Crippen LogP) is 3.66. The highest BCUT2D eigenvalue weighted by Crippen LogP contribution is 2.29. The lowest BCUT2D eigenvalue weighted by Gasteiger charge is -2.17.